The number of sulfonamides is 1. The number of hydrogen-bond acceptors (Lipinski definition) is 6. The average Bonchev–Trinajstić information content (AvgIpc) is 3.06. The Balaban J connectivity index is 2.35. The number of benzene rings is 1. The van der Waals surface area contributed by atoms with E-state index >= 15 is 0 Å². The highest BCUT2D eigenvalue weighted by Gasteiger charge is 2.23. The second kappa shape index (κ2) is 7.85. The van der Waals surface area contributed by atoms with Crippen LogP contribution in [0.2, 0.25) is 0 Å². The van der Waals surface area contributed by atoms with Gasteiger partial charge in [-0.2, -0.15) is 0 Å². The van der Waals surface area contributed by atoms with E-state index in [1.54, 1.807) is 6.92 Å². The van der Waals surface area contributed by atoms with E-state index in [1.165, 1.54) is 44.4 Å². The van der Waals surface area contributed by atoms with Crippen LogP contribution < -0.4 is 10.1 Å². The molecular formula is C16H18N2O6S2. The van der Waals surface area contributed by atoms with Crippen LogP contribution in [0.4, 0.5) is 5.69 Å². The molecule has 140 valence electrons. The van der Waals surface area contributed by atoms with Crippen molar-refractivity contribution in [3.8, 4) is 5.75 Å². The first-order valence-electron chi connectivity index (χ1n) is 7.50. The summed E-state index contributed by atoms with van der Waals surface area (Å²) in [5, 5.41) is 11.5. The molecule has 0 spiro atoms. The van der Waals surface area contributed by atoms with Crippen LogP contribution >= 0.6 is 11.3 Å². The summed E-state index contributed by atoms with van der Waals surface area (Å²) in [6.45, 7) is 2.02. The fraction of sp³-hybridized carbons (Fsp3) is 0.250. The van der Waals surface area contributed by atoms with Crippen LogP contribution in [0.3, 0.4) is 0 Å². The van der Waals surface area contributed by atoms with E-state index < -0.39 is 21.9 Å². The molecule has 2 rings (SSSR count). The smallest absolute Gasteiger partial charge is 0.345 e. The first-order valence-corrected chi connectivity index (χ1v) is 9.76. The fourth-order valence-corrected chi connectivity index (χ4v) is 3.82. The third kappa shape index (κ3) is 4.21. The molecule has 0 aliphatic heterocycles. The number of carboxylic acid groups (broad SMARTS) is 1. The summed E-state index contributed by atoms with van der Waals surface area (Å²) in [5.74, 6) is -1.46. The highest BCUT2D eigenvalue weighted by molar-refractivity contribution is 7.89. The quantitative estimate of drug-likeness (QED) is 0.740. The summed E-state index contributed by atoms with van der Waals surface area (Å²) < 4.78 is 31.4. The zero-order valence-corrected chi connectivity index (χ0v) is 16.0. The third-order valence-electron chi connectivity index (χ3n) is 3.30. The Labute approximate surface area is 155 Å². The number of rotatable bonds is 7. The summed E-state index contributed by atoms with van der Waals surface area (Å²) in [6.07, 6.45) is 0. The molecule has 1 heterocycles. The molecule has 1 aromatic heterocycles. The van der Waals surface area contributed by atoms with E-state index in [2.05, 4.69) is 5.32 Å². The van der Waals surface area contributed by atoms with Gasteiger partial charge >= 0.3 is 5.97 Å². The molecule has 0 bridgehead atoms. The lowest BCUT2D eigenvalue weighted by Crippen LogP contribution is -2.23. The highest BCUT2D eigenvalue weighted by atomic mass is 32.2. The van der Waals surface area contributed by atoms with Gasteiger partial charge in [-0.05, 0) is 37.3 Å². The summed E-state index contributed by atoms with van der Waals surface area (Å²) in [4.78, 5) is 23.3. The van der Waals surface area contributed by atoms with E-state index in [-0.39, 0.29) is 32.7 Å². The molecule has 0 aliphatic carbocycles. The van der Waals surface area contributed by atoms with Crippen LogP contribution in [0.25, 0.3) is 0 Å². The number of thiophene rings is 1. The standard InChI is InChI=1S/C16H18N2O6S2/c1-4-24-11-6-5-10(9-14(11)26(22,23)18(2)3)17-15(19)12-7-8-13(25-12)16(20)21/h5-9H,4H2,1-3H3,(H,17,19)(H,20,21). The molecule has 0 fully saturated rings. The van der Waals surface area contributed by atoms with Crippen molar-refractivity contribution in [2.45, 2.75) is 11.8 Å². The molecule has 0 saturated carbocycles. The van der Waals surface area contributed by atoms with E-state index in [0.29, 0.717) is 0 Å². The second-order valence-corrected chi connectivity index (χ2v) is 8.51. The molecule has 0 atom stereocenters. The number of ether oxygens (including phenoxy) is 1. The van der Waals surface area contributed by atoms with Crippen LogP contribution in [0.15, 0.2) is 35.2 Å². The predicted molar refractivity (Wildman–Crippen MR) is 97.7 cm³/mol. The number of carboxylic acids is 1. The monoisotopic (exact) mass is 398 g/mol. The van der Waals surface area contributed by atoms with Crippen molar-refractivity contribution in [2.24, 2.45) is 0 Å². The van der Waals surface area contributed by atoms with Gasteiger partial charge in [0.1, 0.15) is 15.5 Å². The number of hydrogen-bond donors (Lipinski definition) is 2. The number of carbonyl (C=O) groups is 2. The van der Waals surface area contributed by atoms with Gasteiger partial charge in [0.05, 0.1) is 11.5 Å². The van der Waals surface area contributed by atoms with Crippen LogP contribution in [0.1, 0.15) is 26.3 Å². The number of nitrogens with zero attached hydrogens (tertiary/aromatic N) is 1. The normalized spacial score (nSPS) is 11.4. The molecule has 1 aromatic carbocycles. The minimum absolute atomic E-state index is 0.0396. The van der Waals surface area contributed by atoms with Crippen LogP contribution in [-0.4, -0.2) is 50.4 Å². The van der Waals surface area contributed by atoms with Crippen molar-refractivity contribution in [1.82, 2.24) is 4.31 Å². The molecule has 2 N–H and O–H groups in total. The van der Waals surface area contributed by atoms with Gasteiger partial charge in [-0.1, -0.05) is 0 Å². The lowest BCUT2D eigenvalue weighted by Gasteiger charge is -2.16. The van der Waals surface area contributed by atoms with Gasteiger partial charge in [-0.15, -0.1) is 11.3 Å². The first-order chi connectivity index (χ1) is 12.2. The molecule has 10 heteroatoms. The number of aromatic carboxylic acids is 1. The highest BCUT2D eigenvalue weighted by Crippen LogP contribution is 2.29. The first kappa shape index (κ1) is 19.9. The topological polar surface area (TPSA) is 113 Å². The van der Waals surface area contributed by atoms with Crippen molar-refractivity contribution in [1.29, 1.82) is 0 Å². The molecule has 1 amide bonds. The molecule has 2 aromatic rings. The molecule has 0 unspecified atom stereocenters. The van der Waals surface area contributed by atoms with Gasteiger partial charge in [0.25, 0.3) is 5.91 Å². The van der Waals surface area contributed by atoms with Crippen molar-refractivity contribution >= 4 is 38.9 Å². The van der Waals surface area contributed by atoms with Crippen molar-refractivity contribution in [3.05, 3.63) is 40.1 Å². The number of anilines is 1. The van der Waals surface area contributed by atoms with Gasteiger partial charge in [0.15, 0.2) is 0 Å². The van der Waals surface area contributed by atoms with Gasteiger partial charge in [0.2, 0.25) is 10.0 Å². The summed E-state index contributed by atoms with van der Waals surface area (Å²) >= 11 is 0.832. The maximum Gasteiger partial charge on any atom is 0.345 e. The molecule has 26 heavy (non-hydrogen) atoms. The molecule has 8 nitrogen and oxygen atoms in total. The van der Waals surface area contributed by atoms with Gasteiger partial charge < -0.3 is 15.2 Å². The Morgan fingerprint density at radius 1 is 1.19 bits per heavy atom. The van der Waals surface area contributed by atoms with Crippen molar-refractivity contribution in [2.75, 3.05) is 26.0 Å². The maximum atomic E-state index is 12.5. The third-order valence-corrected chi connectivity index (χ3v) is 6.21. The Bertz CT molecular complexity index is 934. The van der Waals surface area contributed by atoms with Crippen LogP contribution in [0.5, 0.6) is 5.75 Å². The van der Waals surface area contributed by atoms with E-state index in [1.807, 2.05) is 0 Å². The minimum atomic E-state index is -3.78. The summed E-state index contributed by atoms with van der Waals surface area (Å²) in [6, 6.07) is 7.03. The van der Waals surface area contributed by atoms with E-state index in [0.717, 1.165) is 15.6 Å². The summed E-state index contributed by atoms with van der Waals surface area (Å²) in [5.41, 5.74) is 0.254. The largest absolute Gasteiger partial charge is 0.492 e. The predicted octanol–water partition coefficient (Wildman–Crippen LogP) is 2.35. The zero-order chi connectivity index (χ0) is 19.5. The van der Waals surface area contributed by atoms with E-state index in [4.69, 9.17) is 9.84 Å². The Hall–Kier alpha value is -2.43. The van der Waals surface area contributed by atoms with Gasteiger partial charge in [-0.25, -0.2) is 17.5 Å². The van der Waals surface area contributed by atoms with E-state index in [9.17, 15) is 18.0 Å². The van der Waals surface area contributed by atoms with Crippen LogP contribution in [0, 0.1) is 0 Å². The number of nitrogens with one attached hydrogen (secondary N) is 1. The second-order valence-electron chi connectivity index (χ2n) is 5.31. The Morgan fingerprint density at radius 2 is 1.85 bits per heavy atom. The number of amides is 1. The lowest BCUT2D eigenvalue weighted by atomic mass is 10.3. The summed E-state index contributed by atoms with van der Waals surface area (Å²) in [7, 11) is -0.981. The Kier molecular flexibility index (Phi) is 6.01. The average molecular weight is 398 g/mol. The Morgan fingerprint density at radius 3 is 2.38 bits per heavy atom. The van der Waals surface area contributed by atoms with Crippen molar-refractivity contribution in [3.63, 3.8) is 0 Å². The molecule has 0 aliphatic rings. The molecule has 0 radical (unpaired) electrons. The zero-order valence-electron chi connectivity index (χ0n) is 14.3. The fourth-order valence-electron chi connectivity index (χ4n) is 2.03. The van der Waals surface area contributed by atoms with Gasteiger partial charge in [0, 0.05) is 19.8 Å². The maximum absolute atomic E-state index is 12.5. The number of carbonyl (C=O) groups excluding carboxylic acids is 1. The van der Waals surface area contributed by atoms with Crippen molar-refractivity contribution < 1.29 is 27.9 Å². The van der Waals surface area contributed by atoms with Crippen LogP contribution in [-0.2, 0) is 10.0 Å². The SMILES string of the molecule is CCOc1ccc(NC(=O)c2ccc(C(=O)O)s2)cc1S(=O)(=O)N(C)C. The lowest BCUT2D eigenvalue weighted by molar-refractivity contribution is 0.0702. The van der Waals surface area contributed by atoms with Gasteiger partial charge in [-0.3, -0.25) is 4.79 Å². The minimum Gasteiger partial charge on any atom is -0.492 e. The molecule has 0 saturated heterocycles. The molecular weight excluding hydrogens is 380 g/mol.